The molecule has 1 atom stereocenters. The van der Waals surface area contributed by atoms with Crippen LogP contribution in [0.2, 0.25) is 0 Å². The first-order chi connectivity index (χ1) is 7.56. The minimum absolute atomic E-state index is 0.115. The highest BCUT2D eigenvalue weighted by Crippen LogP contribution is 2.22. The Morgan fingerprint density at radius 3 is 2.56 bits per heavy atom. The highest BCUT2D eigenvalue weighted by atomic mass is 16.5. The lowest BCUT2D eigenvalue weighted by Gasteiger charge is -2.17. The van der Waals surface area contributed by atoms with Gasteiger partial charge in [0.15, 0.2) is 0 Å². The van der Waals surface area contributed by atoms with E-state index in [-0.39, 0.29) is 12.0 Å². The van der Waals surface area contributed by atoms with Crippen molar-refractivity contribution < 1.29 is 9.53 Å². The van der Waals surface area contributed by atoms with Gasteiger partial charge in [-0.2, -0.15) is 0 Å². The van der Waals surface area contributed by atoms with Crippen LogP contribution in [-0.2, 0) is 4.74 Å². The summed E-state index contributed by atoms with van der Waals surface area (Å²) >= 11 is 0. The van der Waals surface area contributed by atoms with Crippen LogP contribution in [0.15, 0.2) is 24.3 Å². The summed E-state index contributed by atoms with van der Waals surface area (Å²) in [6, 6.07) is 7.23. The van der Waals surface area contributed by atoms with Crippen molar-refractivity contribution in [3.63, 3.8) is 0 Å². The van der Waals surface area contributed by atoms with Gasteiger partial charge in [-0.15, -0.1) is 0 Å². The van der Waals surface area contributed by atoms with Gasteiger partial charge in [0, 0.05) is 6.04 Å². The van der Waals surface area contributed by atoms with Crippen molar-refractivity contribution in [3.8, 4) is 0 Å². The van der Waals surface area contributed by atoms with E-state index in [1.54, 1.807) is 6.07 Å². The minimum Gasteiger partial charge on any atom is -0.465 e. The summed E-state index contributed by atoms with van der Waals surface area (Å²) < 4.78 is 4.74. The maximum Gasteiger partial charge on any atom is 0.338 e. The Hall–Kier alpha value is -1.35. The Balaban J connectivity index is 2.98. The molecule has 0 aliphatic heterocycles. The second-order valence-electron chi connectivity index (χ2n) is 4.31. The predicted molar refractivity (Wildman–Crippen MR) is 64.2 cm³/mol. The average molecular weight is 221 g/mol. The maximum atomic E-state index is 11.5. The molecular weight excluding hydrogens is 202 g/mol. The number of hydrogen-bond acceptors (Lipinski definition) is 3. The molecule has 0 spiro atoms. The number of carbonyl (C=O) groups excluding carboxylic acids is 1. The molecule has 0 heterocycles. The Morgan fingerprint density at radius 2 is 2.00 bits per heavy atom. The monoisotopic (exact) mass is 221 g/mol. The van der Waals surface area contributed by atoms with Gasteiger partial charge in [-0.25, -0.2) is 4.79 Å². The van der Waals surface area contributed by atoms with Crippen LogP contribution in [0.4, 0.5) is 0 Å². The van der Waals surface area contributed by atoms with Crippen LogP contribution in [0.3, 0.4) is 0 Å². The lowest BCUT2D eigenvalue weighted by Crippen LogP contribution is -2.17. The third-order valence-electron chi connectivity index (χ3n) is 2.49. The molecule has 0 amide bonds. The molecule has 16 heavy (non-hydrogen) atoms. The molecule has 3 heteroatoms. The molecule has 1 aromatic carbocycles. The van der Waals surface area contributed by atoms with Gasteiger partial charge in [0.2, 0.25) is 0 Å². The zero-order valence-corrected chi connectivity index (χ0v) is 10.1. The molecule has 88 valence electrons. The van der Waals surface area contributed by atoms with Crippen LogP contribution >= 0.6 is 0 Å². The molecule has 0 saturated carbocycles. The van der Waals surface area contributed by atoms with Crippen molar-refractivity contribution in [2.75, 3.05) is 7.11 Å². The van der Waals surface area contributed by atoms with Crippen LogP contribution in [0.25, 0.3) is 0 Å². The largest absolute Gasteiger partial charge is 0.465 e. The van der Waals surface area contributed by atoms with Crippen molar-refractivity contribution in [1.82, 2.24) is 0 Å². The Bertz CT molecular complexity index is 361. The molecule has 0 bridgehead atoms. The average Bonchev–Trinajstić information content (AvgIpc) is 2.27. The molecule has 0 radical (unpaired) electrons. The van der Waals surface area contributed by atoms with E-state index in [1.807, 2.05) is 18.2 Å². The number of esters is 1. The third-order valence-corrected chi connectivity index (χ3v) is 2.49. The number of methoxy groups -OCH3 is 1. The standard InChI is InChI=1S/C13H19NO2/c1-9(2)8-12(14)10-6-4-5-7-11(10)13(15)16-3/h4-7,9,12H,8,14H2,1-3H3. The molecule has 1 aromatic rings. The molecule has 1 rings (SSSR count). The molecule has 1 unspecified atom stereocenters. The van der Waals surface area contributed by atoms with Crippen molar-refractivity contribution in [2.45, 2.75) is 26.3 Å². The molecule has 0 aliphatic carbocycles. The summed E-state index contributed by atoms with van der Waals surface area (Å²) in [5.41, 5.74) is 7.51. The second kappa shape index (κ2) is 5.66. The van der Waals surface area contributed by atoms with E-state index in [9.17, 15) is 4.79 Å². The van der Waals surface area contributed by atoms with E-state index in [0.717, 1.165) is 12.0 Å². The topological polar surface area (TPSA) is 52.3 Å². The van der Waals surface area contributed by atoms with Gasteiger partial charge in [0.25, 0.3) is 0 Å². The molecule has 2 N–H and O–H groups in total. The van der Waals surface area contributed by atoms with Crippen molar-refractivity contribution >= 4 is 5.97 Å². The van der Waals surface area contributed by atoms with E-state index in [0.29, 0.717) is 11.5 Å². The van der Waals surface area contributed by atoms with Gasteiger partial charge in [-0.1, -0.05) is 32.0 Å². The summed E-state index contributed by atoms with van der Waals surface area (Å²) in [7, 11) is 1.38. The van der Waals surface area contributed by atoms with Gasteiger partial charge < -0.3 is 10.5 Å². The smallest absolute Gasteiger partial charge is 0.338 e. The molecular formula is C13H19NO2. The summed E-state index contributed by atoms with van der Waals surface area (Å²) in [5, 5.41) is 0. The van der Waals surface area contributed by atoms with Gasteiger partial charge >= 0.3 is 5.97 Å². The van der Waals surface area contributed by atoms with Gasteiger partial charge in [0.1, 0.15) is 0 Å². The fourth-order valence-electron chi connectivity index (χ4n) is 1.75. The van der Waals surface area contributed by atoms with Gasteiger partial charge in [0.05, 0.1) is 12.7 Å². The third kappa shape index (κ3) is 3.07. The number of hydrogen-bond donors (Lipinski definition) is 1. The van der Waals surface area contributed by atoms with Crippen LogP contribution in [0.5, 0.6) is 0 Å². The lowest BCUT2D eigenvalue weighted by molar-refractivity contribution is 0.0598. The van der Waals surface area contributed by atoms with Crippen LogP contribution in [-0.4, -0.2) is 13.1 Å². The number of ether oxygens (including phenoxy) is 1. The second-order valence-corrected chi connectivity index (χ2v) is 4.31. The zero-order valence-electron chi connectivity index (χ0n) is 10.1. The van der Waals surface area contributed by atoms with Crippen LogP contribution in [0, 0.1) is 5.92 Å². The van der Waals surface area contributed by atoms with E-state index in [1.165, 1.54) is 7.11 Å². The van der Waals surface area contributed by atoms with E-state index >= 15 is 0 Å². The molecule has 3 nitrogen and oxygen atoms in total. The zero-order chi connectivity index (χ0) is 12.1. The predicted octanol–water partition coefficient (Wildman–Crippen LogP) is 2.52. The van der Waals surface area contributed by atoms with Crippen molar-refractivity contribution in [1.29, 1.82) is 0 Å². The van der Waals surface area contributed by atoms with Crippen LogP contribution < -0.4 is 5.73 Å². The summed E-state index contributed by atoms with van der Waals surface area (Å²) in [6.07, 6.45) is 0.855. The summed E-state index contributed by atoms with van der Waals surface area (Å²) in [6.45, 7) is 4.22. The molecule has 0 aromatic heterocycles. The number of benzene rings is 1. The summed E-state index contributed by atoms with van der Waals surface area (Å²) in [4.78, 5) is 11.5. The highest BCUT2D eigenvalue weighted by Gasteiger charge is 2.16. The fraction of sp³-hybridized carbons (Fsp3) is 0.462. The number of nitrogens with two attached hydrogens (primary N) is 1. The normalized spacial score (nSPS) is 12.6. The Morgan fingerprint density at radius 1 is 1.38 bits per heavy atom. The van der Waals surface area contributed by atoms with Crippen molar-refractivity contribution in [3.05, 3.63) is 35.4 Å². The Labute approximate surface area is 96.6 Å². The maximum absolute atomic E-state index is 11.5. The van der Waals surface area contributed by atoms with Gasteiger partial charge in [-0.3, -0.25) is 0 Å². The van der Waals surface area contributed by atoms with E-state index < -0.39 is 0 Å². The van der Waals surface area contributed by atoms with E-state index in [2.05, 4.69) is 13.8 Å². The number of rotatable bonds is 4. The SMILES string of the molecule is COC(=O)c1ccccc1C(N)CC(C)C. The molecule has 0 saturated heterocycles. The highest BCUT2D eigenvalue weighted by molar-refractivity contribution is 5.91. The van der Waals surface area contributed by atoms with Crippen LogP contribution in [0.1, 0.15) is 42.2 Å². The summed E-state index contributed by atoms with van der Waals surface area (Å²) in [5.74, 6) is 0.176. The quantitative estimate of drug-likeness (QED) is 0.795. The fourth-order valence-corrected chi connectivity index (χ4v) is 1.75. The lowest BCUT2D eigenvalue weighted by atomic mass is 9.94. The Kier molecular flexibility index (Phi) is 4.50. The number of carbonyl (C=O) groups is 1. The first-order valence-corrected chi connectivity index (χ1v) is 5.49. The van der Waals surface area contributed by atoms with Gasteiger partial charge in [-0.05, 0) is 24.0 Å². The first kappa shape index (κ1) is 12.7. The first-order valence-electron chi connectivity index (χ1n) is 5.49. The van der Waals surface area contributed by atoms with E-state index in [4.69, 9.17) is 10.5 Å². The molecule has 0 fully saturated rings. The van der Waals surface area contributed by atoms with Crippen molar-refractivity contribution in [2.24, 2.45) is 11.7 Å². The molecule has 0 aliphatic rings. The minimum atomic E-state index is -0.324.